The number of anilines is 1. The summed E-state index contributed by atoms with van der Waals surface area (Å²) in [5, 5.41) is 13.4. The number of hydrogen-bond acceptors (Lipinski definition) is 5. The van der Waals surface area contributed by atoms with E-state index < -0.39 is 12.0 Å². The molecule has 0 fully saturated rings. The molecule has 0 bridgehead atoms. The van der Waals surface area contributed by atoms with Gasteiger partial charge in [0, 0.05) is 12.6 Å². The van der Waals surface area contributed by atoms with Crippen molar-refractivity contribution in [3.05, 3.63) is 18.0 Å². The van der Waals surface area contributed by atoms with Gasteiger partial charge in [0.25, 0.3) is 5.82 Å². The van der Waals surface area contributed by atoms with Gasteiger partial charge in [0.15, 0.2) is 5.65 Å². The van der Waals surface area contributed by atoms with Crippen LogP contribution >= 0.6 is 0 Å². The number of nitrogens with two attached hydrogens (primary N) is 1. The maximum absolute atomic E-state index is 12.7. The second-order valence-corrected chi connectivity index (χ2v) is 4.38. The average molecular weight is 288 g/mol. The Hall–Kier alpha value is -1.90. The van der Waals surface area contributed by atoms with E-state index in [2.05, 4.69) is 20.6 Å². The summed E-state index contributed by atoms with van der Waals surface area (Å²) in [5.41, 5.74) is 5.64. The van der Waals surface area contributed by atoms with Crippen molar-refractivity contribution in [1.29, 1.82) is 0 Å². The van der Waals surface area contributed by atoms with E-state index in [4.69, 9.17) is 5.73 Å². The average Bonchev–Trinajstić information content (AvgIpc) is 2.81. The molecule has 0 saturated carbocycles. The Morgan fingerprint density at radius 3 is 2.70 bits per heavy atom. The number of aromatic nitrogens is 4. The normalized spacial score (nSPS) is 13.7. The van der Waals surface area contributed by atoms with Gasteiger partial charge >= 0.3 is 6.18 Å². The van der Waals surface area contributed by atoms with Crippen molar-refractivity contribution in [3.8, 4) is 0 Å². The minimum Gasteiger partial charge on any atom is -0.365 e. The summed E-state index contributed by atoms with van der Waals surface area (Å²) >= 11 is 0. The third-order valence-electron chi connectivity index (χ3n) is 2.79. The Kier molecular flexibility index (Phi) is 4.07. The Morgan fingerprint density at radius 1 is 1.35 bits per heavy atom. The molecule has 0 spiro atoms. The van der Waals surface area contributed by atoms with Gasteiger partial charge in [0.05, 0.1) is 0 Å². The van der Waals surface area contributed by atoms with E-state index in [-0.39, 0.29) is 11.7 Å². The molecule has 110 valence electrons. The van der Waals surface area contributed by atoms with Crippen LogP contribution < -0.4 is 11.1 Å². The zero-order chi connectivity index (χ0) is 14.8. The molecule has 1 atom stereocenters. The van der Waals surface area contributed by atoms with Gasteiger partial charge in [-0.2, -0.15) is 17.7 Å². The van der Waals surface area contributed by atoms with Crippen LogP contribution in [0.2, 0.25) is 0 Å². The van der Waals surface area contributed by atoms with Gasteiger partial charge in [-0.1, -0.05) is 13.3 Å². The molecule has 2 aromatic heterocycles. The fourth-order valence-electron chi connectivity index (χ4n) is 1.85. The van der Waals surface area contributed by atoms with Gasteiger partial charge in [-0.25, -0.2) is 0 Å². The highest BCUT2D eigenvalue weighted by Crippen LogP contribution is 2.27. The SMILES string of the molecule is CCCC(CN)Nc1ccc2nnc(C(F)(F)F)n2n1. The van der Waals surface area contributed by atoms with Crippen LogP contribution in [0.1, 0.15) is 25.6 Å². The quantitative estimate of drug-likeness (QED) is 0.875. The zero-order valence-electron chi connectivity index (χ0n) is 10.9. The summed E-state index contributed by atoms with van der Waals surface area (Å²) in [6, 6.07) is 2.95. The summed E-state index contributed by atoms with van der Waals surface area (Å²) in [7, 11) is 0. The third kappa shape index (κ3) is 2.98. The Bertz CT molecular complexity index is 579. The monoisotopic (exact) mass is 288 g/mol. The maximum atomic E-state index is 12.7. The minimum atomic E-state index is -4.60. The molecule has 2 aromatic rings. The van der Waals surface area contributed by atoms with Crippen LogP contribution in [-0.2, 0) is 6.18 Å². The standard InChI is InChI=1S/C11H15F3N6/c1-2-3-7(6-15)16-8-4-5-9-17-18-10(11(12,13)14)20(9)19-8/h4-5,7H,2-3,6,15H2,1H3,(H,16,19). The van der Waals surface area contributed by atoms with Crippen molar-refractivity contribution < 1.29 is 13.2 Å². The van der Waals surface area contributed by atoms with Crippen LogP contribution in [-0.4, -0.2) is 32.4 Å². The Balaban J connectivity index is 2.32. The van der Waals surface area contributed by atoms with E-state index in [0.29, 0.717) is 16.9 Å². The first-order valence-corrected chi connectivity index (χ1v) is 6.22. The predicted molar refractivity (Wildman–Crippen MR) is 67.2 cm³/mol. The lowest BCUT2D eigenvalue weighted by Crippen LogP contribution is -2.29. The van der Waals surface area contributed by atoms with Crippen LogP contribution in [0.15, 0.2) is 12.1 Å². The van der Waals surface area contributed by atoms with Crippen LogP contribution in [0.5, 0.6) is 0 Å². The molecule has 0 amide bonds. The fraction of sp³-hybridized carbons (Fsp3) is 0.545. The molecule has 0 saturated heterocycles. The number of nitrogens with one attached hydrogen (secondary N) is 1. The van der Waals surface area contributed by atoms with Crippen LogP contribution in [0.3, 0.4) is 0 Å². The van der Waals surface area contributed by atoms with Gasteiger partial charge in [0.2, 0.25) is 0 Å². The van der Waals surface area contributed by atoms with E-state index in [1.54, 1.807) is 6.07 Å². The summed E-state index contributed by atoms with van der Waals surface area (Å²) in [4.78, 5) is 0. The van der Waals surface area contributed by atoms with Crippen LogP contribution in [0, 0.1) is 0 Å². The molecule has 0 aliphatic rings. The lowest BCUT2D eigenvalue weighted by molar-refractivity contribution is -0.146. The first-order valence-electron chi connectivity index (χ1n) is 6.22. The number of halogens is 3. The molecule has 2 rings (SSSR count). The Labute approximate surface area is 113 Å². The largest absolute Gasteiger partial charge is 0.453 e. The smallest absolute Gasteiger partial charge is 0.365 e. The first kappa shape index (κ1) is 14.5. The molecule has 1 unspecified atom stereocenters. The molecule has 20 heavy (non-hydrogen) atoms. The molecular weight excluding hydrogens is 273 g/mol. The van der Waals surface area contributed by atoms with Gasteiger partial charge in [0.1, 0.15) is 5.82 Å². The lowest BCUT2D eigenvalue weighted by atomic mass is 10.2. The summed E-state index contributed by atoms with van der Waals surface area (Å²) in [6.45, 7) is 2.38. The van der Waals surface area contributed by atoms with Gasteiger partial charge in [-0.3, -0.25) is 0 Å². The second kappa shape index (κ2) is 5.61. The second-order valence-electron chi connectivity index (χ2n) is 4.38. The van der Waals surface area contributed by atoms with Gasteiger partial charge in [-0.05, 0) is 18.6 Å². The molecule has 9 heteroatoms. The Morgan fingerprint density at radius 2 is 2.10 bits per heavy atom. The highest BCUT2D eigenvalue weighted by atomic mass is 19.4. The van der Waals surface area contributed by atoms with Crippen molar-refractivity contribution in [2.75, 3.05) is 11.9 Å². The van der Waals surface area contributed by atoms with Crippen molar-refractivity contribution in [1.82, 2.24) is 19.8 Å². The summed E-state index contributed by atoms with van der Waals surface area (Å²) in [5.74, 6) is -0.831. The van der Waals surface area contributed by atoms with Crippen LogP contribution in [0.25, 0.3) is 5.65 Å². The number of nitrogens with zero attached hydrogens (tertiary/aromatic N) is 4. The number of rotatable bonds is 5. The molecule has 0 aromatic carbocycles. The van der Waals surface area contributed by atoms with Crippen molar-refractivity contribution >= 4 is 11.5 Å². The molecule has 0 aliphatic carbocycles. The van der Waals surface area contributed by atoms with E-state index in [0.717, 1.165) is 12.8 Å². The van der Waals surface area contributed by atoms with Crippen molar-refractivity contribution in [2.24, 2.45) is 5.73 Å². The molecule has 6 nitrogen and oxygen atoms in total. The molecule has 0 radical (unpaired) electrons. The molecular formula is C11H15F3N6. The van der Waals surface area contributed by atoms with E-state index in [1.807, 2.05) is 6.92 Å². The summed E-state index contributed by atoms with van der Waals surface area (Å²) < 4.78 is 38.9. The molecule has 2 heterocycles. The predicted octanol–water partition coefficient (Wildman–Crippen LogP) is 1.68. The summed E-state index contributed by atoms with van der Waals surface area (Å²) in [6.07, 6.45) is -2.87. The minimum absolute atomic E-state index is 0.0317. The zero-order valence-corrected chi connectivity index (χ0v) is 10.9. The highest BCUT2D eigenvalue weighted by molar-refractivity contribution is 5.44. The third-order valence-corrected chi connectivity index (χ3v) is 2.79. The fourth-order valence-corrected chi connectivity index (χ4v) is 1.85. The van der Waals surface area contributed by atoms with E-state index in [9.17, 15) is 13.2 Å². The number of hydrogen-bond donors (Lipinski definition) is 2. The first-order chi connectivity index (χ1) is 9.45. The topological polar surface area (TPSA) is 81.1 Å². The van der Waals surface area contributed by atoms with Crippen molar-refractivity contribution in [2.45, 2.75) is 32.0 Å². The highest BCUT2D eigenvalue weighted by Gasteiger charge is 2.37. The van der Waals surface area contributed by atoms with Crippen molar-refractivity contribution in [3.63, 3.8) is 0 Å². The number of fused-ring (bicyclic) bond motifs is 1. The molecule has 3 N–H and O–H groups in total. The molecule has 0 aliphatic heterocycles. The van der Waals surface area contributed by atoms with Gasteiger partial charge < -0.3 is 11.1 Å². The van der Waals surface area contributed by atoms with E-state index in [1.165, 1.54) is 6.07 Å². The number of alkyl halides is 3. The van der Waals surface area contributed by atoms with E-state index >= 15 is 0 Å². The van der Waals surface area contributed by atoms with Gasteiger partial charge in [-0.15, -0.1) is 15.3 Å². The maximum Gasteiger partial charge on any atom is 0.453 e. The van der Waals surface area contributed by atoms with Crippen LogP contribution in [0.4, 0.5) is 19.0 Å². The lowest BCUT2D eigenvalue weighted by Gasteiger charge is -2.16.